The summed E-state index contributed by atoms with van der Waals surface area (Å²) in [5, 5.41) is 0. The van der Waals surface area contributed by atoms with E-state index in [2.05, 4.69) is 46.1 Å². The molecule has 0 aromatic carbocycles. The van der Waals surface area contributed by atoms with Crippen LogP contribution < -0.4 is 4.57 Å². The lowest BCUT2D eigenvalue weighted by molar-refractivity contribution is -0.705. The van der Waals surface area contributed by atoms with Gasteiger partial charge in [0.15, 0.2) is 11.4 Å². The Morgan fingerprint density at radius 2 is 1.33 bits per heavy atom. The van der Waals surface area contributed by atoms with Crippen LogP contribution in [0.3, 0.4) is 0 Å². The molecule has 1 heterocycles. The Labute approximate surface area is 94.1 Å². The van der Waals surface area contributed by atoms with Gasteiger partial charge >= 0.3 is 0 Å². The molecule has 1 rings (SSSR count). The van der Waals surface area contributed by atoms with Crippen LogP contribution in [0.2, 0.25) is 0 Å². The lowest BCUT2D eigenvalue weighted by atomic mass is 9.96. The summed E-state index contributed by atoms with van der Waals surface area (Å²) in [5.41, 5.74) is 7.41. The van der Waals surface area contributed by atoms with Crippen molar-refractivity contribution in [2.24, 2.45) is 0 Å². The fraction of sp³-hybridized carbons (Fsp3) is 0.643. The number of rotatable bonds is 3. The van der Waals surface area contributed by atoms with Gasteiger partial charge in [-0.2, -0.15) is 0 Å². The molecule has 84 valence electrons. The van der Waals surface area contributed by atoms with Crippen LogP contribution in [0.5, 0.6) is 0 Å². The van der Waals surface area contributed by atoms with Crippen LogP contribution in [0.15, 0.2) is 0 Å². The number of hydrogen-bond acceptors (Lipinski definition) is 0. The van der Waals surface area contributed by atoms with Crippen molar-refractivity contribution in [3.63, 3.8) is 0 Å². The van der Waals surface area contributed by atoms with Crippen molar-refractivity contribution in [2.75, 3.05) is 0 Å². The van der Waals surface area contributed by atoms with Gasteiger partial charge < -0.3 is 0 Å². The van der Waals surface area contributed by atoms with E-state index >= 15 is 0 Å². The Morgan fingerprint density at radius 1 is 0.867 bits per heavy atom. The van der Waals surface area contributed by atoms with E-state index < -0.39 is 0 Å². The first-order valence-corrected chi connectivity index (χ1v) is 6.03. The molecule has 1 heteroatoms. The van der Waals surface area contributed by atoms with Gasteiger partial charge in [0.25, 0.3) is 0 Å². The second-order valence-corrected chi connectivity index (χ2v) is 4.39. The molecule has 1 nitrogen and oxygen atoms in total. The first-order chi connectivity index (χ1) is 7.04. The van der Waals surface area contributed by atoms with E-state index in [-0.39, 0.29) is 0 Å². The van der Waals surface area contributed by atoms with Gasteiger partial charge in [-0.25, -0.2) is 4.57 Å². The third kappa shape index (κ3) is 2.06. The number of pyridine rings is 1. The fourth-order valence-corrected chi connectivity index (χ4v) is 2.47. The molecule has 0 saturated carbocycles. The van der Waals surface area contributed by atoms with Crippen molar-refractivity contribution in [3.05, 3.63) is 28.1 Å². The maximum absolute atomic E-state index is 2.42. The smallest absolute Gasteiger partial charge is 0.181 e. The van der Waals surface area contributed by atoms with E-state index in [9.17, 15) is 0 Å². The summed E-state index contributed by atoms with van der Waals surface area (Å²) in [6, 6.07) is 0. The third-order valence-corrected chi connectivity index (χ3v) is 3.62. The third-order valence-electron chi connectivity index (χ3n) is 3.62. The summed E-state index contributed by atoms with van der Waals surface area (Å²) in [7, 11) is 0. The zero-order valence-electron chi connectivity index (χ0n) is 11.1. The van der Waals surface area contributed by atoms with Gasteiger partial charge in [0, 0.05) is 25.0 Å². The van der Waals surface area contributed by atoms with Gasteiger partial charge in [0.1, 0.15) is 6.54 Å². The average molecular weight is 206 g/mol. The van der Waals surface area contributed by atoms with Gasteiger partial charge in [0.05, 0.1) is 0 Å². The molecule has 1 aromatic heterocycles. The Balaban J connectivity index is 3.44. The number of aromatic nitrogens is 1. The molecular formula is C14H24N+. The van der Waals surface area contributed by atoms with E-state index in [0.717, 1.165) is 6.54 Å². The second-order valence-electron chi connectivity index (χ2n) is 4.39. The van der Waals surface area contributed by atoms with Crippen LogP contribution in [0.1, 0.15) is 48.3 Å². The van der Waals surface area contributed by atoms with Gasteiger partial charge in [-0.1, -0.05) is 13.3 Å². The molecule has 1 aromatic rings. The molecular weight excluding hydrogens is 182 g/mol. The summed E-state index contributed by atoms with van der Waals surface area (Å²) in [4.78, 5) is 0. The van der Waals surface area contributed by atoms with Gasteiger partial charge in [-0.05, 0) is 32.8 Å². The van der Waals surface area contributed by atoms with Crippen LogP contribution in [-0.4, -0.2) is 0 Å². The predicted octanol–water partition coefficient (Wildman–Crippen LogP) is 3.18. The lowest BCUT2D eigenvalue weighted by Gasteiger charge is -2.13. The summed E-state index contributed by atoms with van der Waals surface area (Å²) in [6.07, 6.45) is 2.45. The largest absolute Gasteiger partial charge is 0.200 e. The first kappa shape index (κ1) is 12.2. The highest BCUT2D eigenvalue weighted by Gasteiger charge is 2.19. The number of nitrogens with zero attached hydrogens (tertiary/aromatic N) is 1. The molecule has 0 spiro atoms. The van der Waals surface area contributed by atoms with Gasteiger partial charge in [-0.3, -0.25) is 0 Å². The Hall–Kier alpha value is -0.850. The van der Waals surface area contributed by atoms with Crippen molar-refractivity contribution >= 4 is 0 Å². The Morgan fingerprint density at radius 3 is 1.67 bits per heavy atom. The van der Waals surface area contributed by atoms with Crippen LogP contribution in [-0.2, 0) is 13.0 Å². The zero-order chi connectivity index (χ0) is 11.6. The average Bonchev–Trinajstić information content (AvgIpc) is 2.23. The summed E-state index contributed by atoms with van der Waals surface area (Å²) < 4.78 is 2.42. The summed E-state index contributed by atoms with van der Waals surface area (Å²) >= 11 is 0. The van der Waals surface area contributed by atoms with Crippen molar-refractivity contribution in [2.45, 2.75) is 60.9 Å². The number of hydrogen-bond donors (Lipinski definition) is 0. The van der Waals surface area contributed by atoms with Crippen LogP contribution >= 0.6 is 0 Å². The van der Waals surface area contributed by atoms with E-state index in [1.165, 1.54) is 35.4 Å². The molecule has 0 N–H and O–H groups in total. The molecule has 0 unspecified atom stereocenters. The SMILES string of the molecule is CCCc1c(C)c(C)[n+](CC)c(C)c1C. The maximum Gasteiger partial charge on any atom is 0.181 e. The highest BCUT2D eigenvalue weighted by Crippen LogP contribution is 2.19. The topological polar surface area (TPSA) is 3.88 Å². The lowest BCUT2D eigenvalue weighted by Crippen LogP contribution is -2.41. The van der Waals surface area contributed by atoms with E-state index in [1.54, 1.807) is 5.56 Å². The quantitative estimate of drug-likeness (QED) is 0.669. The minimum Gasteiger partial charge on any atom is -0.200 e. The molecule has 0 radical (unpaired) electrons. The molecule has 0 atom stereocenters. The maximum atomic E-state index is 2.42. The highest BCUT2D eigenvalue weighted by atomic mass is 15.0. The van der Waals surface area contributed by atoms with Gasteiger partial charge in [-0.15, -0.1) is 0 Å². The first-order valence-electron chi connectivity index (χ1n) is 6.03. The Kier molecular flexibility index (Phi) is 3.90. The Bertz CT molecular complexity index is 335. The molecule has 0 aliphatic rings. The van der Waals surface area contributed by atoms with Crippen molar-refractivity contribution in [1.82, 2.24) is 0 Å². The fourth-order valence-electron chi connectivity index (χ4n) is 2.47. The predicted molar refractivity (Wildman–Crippen MR) is 65.3 cm³/mol. The van der Waals surface area contributed by atoms with E-state index in [0.29, 0.717) is 0 Å². The molecule has 0 aliphatic carbocycles. The second kappa shape index (κ2) is 4.78. The molecule has 0 amide bonds. The standard InChI is InChI=1S/C14H24N/c1-7-9-14-10(3)12(5)15(8-2)13(6)11(14)4/h7-9H2,1-6H3/q+1. The zero-order valence-corrected chi connectivity index (χ0v) is 11.1. The minimum atomic E-state index is 1.08. The van der Waals surface area contributed by atoms with E-state index in [4.69, 9.17) is 0 Å². The minimum absolute atomic E-state index is 1.08. The monoisotopic (exact) mass is 206 g/mol. The van der Waals surface area contributed by atoms with Crippen molar-refractivity contribution in [1.29, 1.82) is 0 Å². The summed E-state index contributed by atoms with van der Waals surface area (Å²) in [5.74, 6) is 0. The molecule has 0 fully saturated rings. The van der Waals surface area contributed by atoms with Crippen LogP contribution in [0.25, 0.3) is 0 Å². The molecule has 0 saturated heterocycles. The highest BCUT2D eigenvalue weighted by molar-refractivity contribution is 5.35. The molecule has 15 heavy (non-hydrogen) atoms. The van der Waals surface area contributed by atoms with Crippen LogP contribution in [0.4, 0.5) is 0 Å². The molecule has 0 aliphatic heterocycles. The van der Waals surface area contributed by atoms with Gasteiger partial charge in [0.2, 0.25) is 0 Å². The molecule has 0 bridgehead atoms. The van der Waals surface area contributed by atoms with E-state index in [1.807, 2.05) is 0 Å². The normalized spacial score (nSPS) is 10.8. The van der Waals surface area contributed by atoms with Crippen molar-refractivity contribution in [3.8, 4) is 0 Å². The summed E-state index contributed by atoms with van der Waals surface area (Å²) in [6.45, 7) is 14.6. The van der Waals surface area contributed by atoms with Crippen molar-refractivity contribution < 1.29 is 4.57 Å². The van der Waals surface area contributed by atoms with Crippen LogP contribution in [0, 0.1) is 27.7 Å².